The fourth-order valence-electron chi connectivity index (χ4n) is 3.30. The number of nitriles is 1. The summed E-state index contributed by atoms with van der Waals surface area (Å²) in [6, 6.07) is 2.29. The first kappa shape index (κ1) is 10.8. The predicted octanol–water partition coefficient (Wildman–Crippen LogP) is 1.61. The third kappa shape index (κ3) is 1.41. The molecule has 90 valence electrons. The summed E-state index contributed by atoms with van der Waals surface area (Å²) in [7, 11) is 0. The first-order valence-corrected chi connectivity index (χ1v) is 6.49. The third-order valence-electron chi connectivity index (χ3n) is 4.43. The minimum absolute atomic E-state index is 0.0801. The molecule has 0 aromatic carbocycles. The standard InChI is InChI=1S/C13H16N2O2/c14-8-13(5-3-1-2-4-6-13)15-11(16)9-7-10(9)12(15)17/h9-10H,1-7H2. The van der Waals surface area contributed by atoms with Crippen LogP contribution in [0, 0.1) is 23.2 Å². The number of carbonyl (C=O) groups is 2. The lowest BCUT2D eigenvalue weighted by Crippen LogP contribution is -2.52. The number of fused-ring (bicyclic) bond motifs is 1. The molecular formula is C13H16N2O2. The van der Waals surface area contributed by atoms with Gasteiger partial charge in [-0.15, -0.1) is 0 Å². The number of carbonyl (C=O) groups excluding carboxylic acids is 2. The van der Waals surface area contributed by atoms with E-state index in [2.05, 4.69) is 6.07 Å². The minimum atomic E-state index is -0.821. The molecule has 2 unspecified atom stereocenters. The van der Waals surface area contributed by atoms with Gasteiger partial charge in [-0.2, -0.15) is 5.26 Å². The van der Waals surface area contributed by atoms with Gasteiger partial charge in [0.05, 0.1) is 17.9 Å². The van der Waals surface area contributed by atoms with Crippen molar-refractivity contribution in [3.8, 4) is 6.07 Å². The third-order valence-corrected chi connectivity index (χ3v) is 4.43. The first-order valence-electron chi connectivity index (χ1n) is 6.49. The van der Waals surface area contributed by atoms with Gasteiger partial charge in [-0.3, -0.25) is 14.5 Å². The molecule has 2 atom stereocenters. The molecule has 0 aromatic rings. The fourth-order valence-corrected chi connectivity index (χ4v) is 3.30. The highest BCUT2D eigenvalue weighted by atomic mass is 16.2. The number of likely N-dealkylation sites (tertiary alicyclic amines) is 1. The molecule has 4 nitrogen and oxygen atoms in total. The smallest absolute Gasteiger partial charge is 0.234 e. The highest BCUT2D eigenvalue weighted by Crippen LogP contribution is 2.50. The molecule has 2 saturated carbocycles. The second-order valence-electron chi connectivity index (χ2n) is 5.52. The topological polar surface area (TPSA) is 61.2 Å². The van der Waals surface area contributed by atoms with Crippen molar-refractivity contribution in [3.63, 3.8) is 0 Å². The van der Waals surface area contributed by atoms with E-state index in [-0.39, 0.29) is 23.7 Å². The number of imide groups is 1. The Morgan fingerprint density at radius 3 is 2.06 bits per heavy atom. The van der Waals surface area contributed by atoms with E-state index in [0.717, 1.165) is 32.1 Å². The van der Waals surface area contributed by atoms with Crippen molar-refractivity contribution in [1.82, 2.24) is 4.90 Å². The van der Waals surface area contributed by atoms with E-state index >= 15 is 0 Å². The maximum atomic E-state index is 12.1. The number of hydrogen-bond donors (Lipinski definition) is 0. The van der Waals surface area contributed by atoms with Gasteiger partial charge in [0.15, 0.2) is 0 Å². The zero-order valence-electron chi connectivity index (χ0n) is 9.82. The molecule has 3 rings (SSSR count). The maximum Gasteiger partial charge on any atom is 0.234 e. The molecule has 1 heterocycles. The van der Waals surface area contributed by atoms with Crippen molar-refractivity contribution < 1.29 is 9.59 Å². The second-order valence-corrected chi connectivity index (χ2v) is 5.52. The van der Waals surface area contributed by atoms with Crippen molar-refractivity contribution in [2.75, 3.05) is 0 Å². The van der Waals surface area contributed by atoms with Gasteiger partial charge in [0, 0.05) is 0 Å². The summed E-state index contributed by atoms with van der Waals surface area (Å²) in [5.74, 6) is -0.334. The predicted molar refractivity (Wildman–Crippen MR) is 59.5 cm³/mol. The van der Waals surface area contributed by atoms with Gasteiger partial charge in [0.25, 0.3) is 0 Å². The zero-order chi connectivity index (χ0) is 12.0. The molecule has 0 spiro atoms. The molecule has 2 amide bonds. The van der Waals surface area contributed by atoms with E-state index < -0.39 is 5.54 Å². The Bertz CT molecular complexity index is 396. The van der Waals surface area contributed by atoms with Crippen LogP contribution in [0.5, 0.6) is 0 Å². The monoisotopic (exact) mass is 232 g/mol. The lowest BCUT2D eigenvalue weighted by atomic mass is 9.89. The SMILES string of the molecule is N#CC1(N2C(=O)C3CC3C2=O)CCCCCC1. The van der Waals surface area contributed by atoms with Crippen LogP contribution in [0.3, 0.4) is 0 Å². The van der Waals surface area contributed by atoms with Gasteiger partial charge in [0.1, 0.15) is 5.54 Å². The molecule has 0 bridgehead atoms. The molecule has 3 fully saturated rings. The Labute approximate surface area is 101 Å². The van der Waals surface area contributed by atoms with Gasteiger partial charge in [-0.25, -0.2) is 0 Å². The lowest BCUT2D eigenvalue weighted by Gasteiger charge is -2.34. The zero-order valence-corrected chi connectivity index (χ0v) is 9.82. The molecule has 3 aliphatic rings. The van der Waals surface area contributed by atoms with Crippen LogP contribution in [-0.4, -0.2) is 22.3 Å². The molecule has 1 saturated heterocycles. The summed E-state index contributed by atoms with van der Waals surface area (Å²) in [5.41, 5.74) is -0.821. The molecule has 0 N–H and O–H groups in total. The Kier molecular flexibility index (Phi) is 2.25. The van der Waals surface area contributed by atoms with E-state index in [0.29, 0.717) is 12.8 Å². The van der Waals surface area contributed by atoms with Crippen LogP contribution < -0.4 is 0 Å². The Morgan fingerprint density at radius 2 is 1.59 bits per heavy atom. The Hall–Kier alpha value is -1.37. The summed E-state index contributed by atoms with van der Waals surface area (Å²) < 4.78 is 0. The quantitative estimate of drug-likeness (QED) is 0.509. The van der Waals surface area contributed by atoms with Crippen LogP contribution >= 0.6 is 0 Å². The van der Waals surface area contributed by atoms with Gasteiger partial charge < -0.3 is 0 Å². The number of nitrogens with zero attached hydrogens (tertiary/aromatic N) is 2. The van der Waals surface area contributed by atoms with E-state index in [9.17, 15) is 14.9 Å². The maximum absolute atomic E-state index is 12.1. The molecule has 1 aliphatic heterocycles. The van der Waals surface area contributed by atoms with E-state index in [4.69, 9.17) is 0 Å². The normalized spacial score (nSPS) is 35.1. The highest BCUT2D eigenvalue weighted by molar-refractivity contribution is 6.09. The highest BCUT2D eigenvalue weighted by Gasteiger charge is 2.63. The van der Waals surface area contributed by atoms with Crippen molar-refractivity contribution in [2.24, 2.45) is 11.8 Å². The van der Waals surface area contributed by atoms with Crippen molar-refractivity contribution in [2.45, 2.75) is 50.5 Å². The van der Waals surface area contributed by atoms with Gasteiger partial charge >= 0.3 is 0 Å². The average molecular weight is 232 g/mol. The van der Waals surface area contributed by atoms with E-state index in [1.165, 1.54) is 4.90 Å². The summed E-state index contributed by atoms with van der Waals surface area (Å²) in [6.07, 6.45) is 6.15. The van der Waals surface area contributed by atoms with Crippen molar-refractivity contribution in [1.29, 1.82) is 5.26 Å². The second kappa shape index (κ2) is 3.56. The lowest BCUT2D eigenvalue weighted by molar-refractivity contribution is -0.147. The number of hydrogen-bond acceptors (Lipinski definition) is 3. The Morgan fingerprint density at radius 1 is 1.06 bits per heavy atom. The van der Waals surface area contributed by atoms with Gasteiger partial charge in [-0.05, 0) is 19.3 Å². The van der Waals surface area contributed by atoms with Crippen LogP contribution in [-0.2, 0) is 9.59 Å². The summed E-state index contributed by atoms with van der Waals surface area (Å²) in [6.45, 7) is 0. The summed E-state index contributed by atoms with van der Waals surface area (Å²) in [5, 5.41) is 9.47. The molecule has 0 aromatic heterocycles. The first-order chi connectivity index (χ1) is 8.19. The van der Waals surface area contributed by atoms with E-state index in [1.54, 1.807) is 0 Å². The van der Waals surface area contributed by atoms with Crippen LogP contribution in [0.15, 0.2) is 0 Å². The molecule has 17 heavy (non-hydrogen) atoms. The number of piperidine rings is 1. The molecule has 2 aliphatic carbocycles. The van der Waals surface area contributed by atoms with E-state index in [1.807, 2.05) is 0 Å². The molecule has 0 radical (unpaired) electrons. The van der Waals surface area contributed by atoms with Crippen LogP contribution in [0.4, 0.5) is 0 Å². The van der Waals surface area contributed by atoms with Gasteiger partial charge in [0.2, 0.25) is 11.8 Å². The number of rotatable bonds is 1. The number of amides is 2. The average Bonchev–Trinajstić information content (AvgIpc) is 3.10. The van der Waals surface area contributed by atoms with Crippen molar-refractivity contribution >= 4 is 11.8 Å². The Balaban J connectivity index is 1.92. The summed E-state index contributed by atoms with van der Waals surface area (Å²) in [4.78, 5) is 25.5. The van der Waals surface area contributed by atoms with Crippen LogP contribution in [0.2, 0.25) is 0 Å². The molecule has 4 heteroatoms. The minimum Gasteiger partial charge on any atom is -0.274 e. The molecular weight excluding hydrogens is 216 g/mol. The summed E-state index contributed by atoms with van der Waals surface area (Å²) >= 11 is 0. The van der Waals surface area contributed by atoms with Crippen LogP contribution in [0.1, 0.15) is 44.9 Å². The van der Waals surface area contributed by atoms with Crippen molar-refractivity contribution in [3.05, 3.63) is 0 Å². The largest absolute Gasteiger partial charge is 0.274 e. The fraction of sp³-hybridized carbons (Fsp3) is 0.769. The van der Waals surface area contributed by atoms with Gasteiger partial charge in [-0.1, -0.05) is 25.7 Å². The van der Waals surface area contributed by atoms with Crippen LogP contribution in [0.25, 0.3) is 0 Å².